The van der Waals surface area contributed by atoms with Gasteiger partial charge < -0.3 is 4.90 Å². The number of rotatable bonds is 4. The minimum atomic E-state index is -3.17. The molecule has 3 rings (SSSR count). The molecule has 2 aliphatic rings. The van der Waals surface area contributed by atoms with Gasteiger partial charge in [0.2, 0.25) is 10.0 Å². The van der Waals surface area contributed by atoms with Crippen LogP contribution in [-0.2, 0) is 22.9 Å². The molecule has 1 fully saturated rings. The van der Waals surface area contributed by atoms with Crippen molar-refractivity contribution in [2.75, 3.05) is 32.9 Å². The topological polar surface area (TPSA) is 57.7 Å². The van der Waals surface area contributed by atoms with Crippen LogP contribution in [0.2, 0.25) is 0 Å². The standard InChI is InChI=1S/C19H28N2O3S/c1-20(25(2,23)24)13-15-7-6-12-21(14-15)19(22)18-11-5-9-16-8-3-4-10-17(16)18/h5,9,11,15H,3-4,6-8,10,12-14H2,1-2H3. The van der Waals surface area contributed by atoms with Gasteiger partial charge in [-0.3, -0.25) is 4.79 Å². The first-order chi connectivity index (χ1) is 11.9. The van der Waals surface area contributed by atoms with Crippen LogP contribution in [0, 0.1) is 5.92 Å². The largest absolute Gasteiger partial charge is 0.338 e. The van der Waals surface area contributed by atoms with Gasteiger partial charge in [-0.25, -0.2) is 12.7 Å². The van der Waals surface area contributed by atoms with E-state index in [9.17, 15) is 13.2 Å². The Balaban J connectivity index is 1.73. The van der Waals surface area contributed by atoms with Gasteiger partial charge in [0.05, 0.1) is 6.26 Å². The highest BCUT2D eigenvalue weighted by Crippen LogP contribution is 2.27. The van der Waals surface area contributed by atoms with E-state index in [1.165, 1.54) is 28.1 Å². The lowest BCUT2D eigenvalue weighted by atomic mass is 9.87. The number of aryl methyl sites for hydroxylation is 1. The van der Waals surface area contributed by atoms with Crippen LogP contribution in [0.3, 0.4) is 0 Å². The molecule has 1 aliphatic carbocycles. The summed E-state index contributed by atoms with van der Waals surface area (Å²) < 4.78 is 24.7. The molecular formula is C19H28N2O3S. The molecule has 0 aromatic heterocycles. The summed E-state index contributed by atoms with van der Waals surface area (Å²) in [6, 6.07) is 6.10. The number of piperidine rings is 1. The molecule has 1 saturated heterocycles. The lowest BCUT2D eigenvalue weighted by Gasteiger charge is -2.35. The molecule has 1 atom stereocenters. The molecule has 0 saturated carbocycles. The fourth-order valence-electron chi connectivity index (χ4n) is 4.05. The summed E-state index contributed by atoms with van der Waals surface area (Å²) in [5.74, 6) is 0.322. The second-order valence-corrected chi connectivity index (χ2v) is 9.54. The first kappa shape index (κ1) is 18.4. The van der Waals surface area contributed by atoms with E-state index in [4.69, 9.17) is 0 Å². The monoisotopic (exact) mass is 364 g/mol. The lowest BCUT2D eigenvalue weighted by Crippen LogP contribution is -2.44. The van der Waals surface area contributed by atoms with Crippen molar-refractivity contribution in [3.63, 3.8) is 0 Å². The molecule has 1 aliphatic heterocycles. The fraction of sp³-hybridized carbons (Fsp3) is 0.632. The van der Waals surface area contributed by atoms with E-state index in [2.05, 4.69) is 6.07 Å². The van der Waals surface area contributed by atoms with Gasteiger partial charge >= 0.3 is 0 Å². The highest BCUT2D eigenvalue weighted by Gasteiger charge is 2.28. The van der Waals surface area contributed by atoms with Crippen LogP contribution >= 0.6 is 0 Å². The van der Waals surface area contributed by atoms with Crippen LogP contribution in [0.5, 0.6) is 0 Å². The maximum absolute atomic E-state index is 13.1. The molecule has 0 bridgehead atoms. The predicted octanol–water partition coefficient (Wildman–Crippen LogP) is 2.31. The number of carbonyl (C=O) groups excluding carboxylic acids is 1. The summed E-state index contributed by atoms with van der Waals surface area (Å²) >= 11 is 0. The van der Waals surface area contributed by atoms with E-state index < -0.39 is 10.0 Å². The summed E-state index contributed by atoms with van der Waals surface area (Å²) in [4.78, 5) is 15.0. The van der Waals surface area contributed by atoms with Crippen molar-refractivity contribution < 1.29 is 13.2 Å². The normalized spacial score (nSPS) is 21.2. The van der Waals surface area contributed by atoms with E-state index >= 15 is 0 Å². The molecule has 0 spiro atoms. The van der Waals surface area contributed by atoms with Gasteiger partial charge in [-0.05, 0) is 61.6 Å². The van der Waals surface area contributed by atoms with Crippen LogP contribution in [0.1, 0.15) is 47.2 Å². The number of sulfonamides is 1. The Hall–Kier alpha value is -1.40. The van der Waals surface area contributed by atoms with Gasteiger partial charge in [0, 0.05) is 32.2 Å². The number of hydrogen-bond donors (Lipinski definition) is 0. The van der Waals surface area contributed by atoms with Gasteiger partial charge in [0.1, 0.15) is 0 Å². The van der Waals surface area contributed by atoms with Crippen molar-refractivity contribution >= 4 is 15.9 Å². The Labute approximate surface area is 151 Å². The van der Waals surface area contributed by atoms with Crippen molar-refractivity contribution in [2.45, 2.75) is 38.5 Å². The molecule has 25 heavy (non-hydrogen) atoms. The molecular weight excluding hydrogens is 336 g/mol. The molecule has 6 heteroatoms. The Bertz CT molecular complexity index is 745. The highest BCUT2D eigenvalue weighted by molar-refractivity contribution is 7.88. The van der Waals surface area contributed by atoms with Crippen molar-refractivity contribution in [1.29, 1.82) is 0 Å². The molecule has 0 radical (unpaired) electrons. The first-order valence-electron chi connectivity index (χ1n) is 9.17. The first-order valence-corrected chi connectivity index (χ1v) is 11.0. The molecule has 138 valence electrons. The minimum absolute atomic E-state index is 0.116. The molecule has 1 unspecified atom stereocenters. The number of benzene rings is 1. The highest BCUT2D eigenvalue weighted by atomic mass is 32.2. The Kier molecular flexibility index (Phi) is 5.49. The zero-order valence-corrected chi connectivity index (χ0v) is 16.0. The number of likely N-dealkylation sites (tertiary alicyclic amines) is 1. The predicted molar refractivity (Wildman–Crippen MR) is 99.2 cm³/mol. The Morgan fingerprint density at radius 2 is 2.00 bits per heavy atom. The van der Waals surface area contributed by atoms with Crippen LogP contribution in [-0.4, -0.2) is 56.5 Å². The second-order valence-electron chi connectivity index (χ2n) is 7.45. The summed E-state index contributed by atoms with van der Waals surface area (Å²) in [6.07, 6.45) is 7.55. The van der Waals surface area contributed by atoms with Gasteiger partial charge in [0.25, 0.3) is 5.91 Å². The minimum Gasteiger partial charge on any atom is -0.338 e. The summed E-state index contributed by atoms with van der Waals surface area (Å²) in [5.41, 5.74) is 3.41. The van der Waals surface area contributed by atoms with E-state index in [0.29, 0.717) is 13.1 Å². The number of fused-ring (bicyclic) bond motifs is 1. The number of carbonyl (C=O) groups is 1. The molecule has 1 aromatic rings. The van der Waals surface area contributed by atoms with Crippen molar-refractivity contribution in [2.24, 2.45) is 5.92 Å². The van der Waals surface area contributed by atoms with E-state index in [-0.39, 0.29) is 11.8 Å². The molecule has 0 N–H and O–H groups in total. The van der Waals surface area contributed by atoms with Gasteiger partial charge in [0.15, 0.2) is 0 Å². The third-order valence-electron chi connectivity index (χ3n) is 5.51. The summed E-state index contributed by atoms with van der Waals surface area (Å²) in [6.45, 7) is 1.89. The van der Waals surface area contributed by atoms with Crippen LogP contribution in [0.15, 0.2) is 18.2 Å². The zero-order chi connectivity index (χ0) is 18.0. The quantitative estimate of drug-likeness (QED) is 0.824. The third kappa shape index (κ3) is 4.23. The van der Waals surface area contributed by atoms with Crippen LogP contribution < -0.4 is 0 Å². The Morgan fingerprint density at radius 1 is 1.24 bits per heavy atom. The van der Waals surface area contributed by atoms with Gasteiger partial charge in [-0.1, -0.05) is 12.1 Å². The van der Waals surface area contributed by atoms with Crippen molar-refractivity contribution in [1.82, 2.24) is 9.21 Å². The van der Waals surface area contributed by atoms with E-state index in [1.807, 2.05) is 17.0 Å². The van der Waals surface area contributed by atoms with E-state index in [0.717, 1.165) is 44.2 Å². The zero-order valence-electron chi connectivity index (χ0n) is 15.2. The maximum Gasteiger partial charge on any atom is 0.254 e. The summed E-state index contributed by atoms with van der Waals surface area (Å²) in [7, 11) is -1.56. The average molecular weight is 365 g/mol. The molecule has 1 amide bonds. The maximum atomic E-state index is 13.1. The SMILES string of the molecule is CN(CC1CCCN(C(=O)c2cccc3c2CCCC3)C1)S(C)(=O)=O. The smallest absolute Gasteiger partial charge is 0.254 e. The van der Waals surface area contributed by atoms with Crippen molar-refractivity contribution in [3.05, 3.63) is 34.9 Å². The van der Waals surface area contributed by atoms with E-state index in [1.54, 1.807) is 7.05 Å². The fourth-order valence-corrected chi connectivity index (χ4v) is 4.53. The van der Waals surface area contributed by atoms with Crippen molar-refractivity contribution in [3.8, 4) is 0 Å². The average Bonchev–Trinajstić information content (AvgIpc) is 2.60. The lowest BCUT2D eigenvalue weighted by molar-refractivity contribution is 0.0663. The number of hydrogen-bond acceptors (Lipinski definition) is 3. The molecule has 5 nitrogen and oxygen atoms in total. The second kappa shape index (κ2) is 7.46. The Morgan fingerprint density at radius 3 is 2.76 bits per heavy atom. The molecule has 1 heterocycles. The number of amides is 1. The van der Waals surface area contributed by atoms with Gasteiger partial charge in [-0.2, -0.15) is 0 Å². The summed E-state index contributed by atoms with van der Waals surface area (Å²) in [5, 5.41) is 0. The third-order valence-corrected chi connectivity index (χ3v) is 6.80. The van der Waals surface area contributed by atoms with Crippen LogP contribution in [0.4, 0.5) is 0 Å². The van der Waals surface area contributed by atoms with Crippen LogP contribution in [0.25, 0.3) is 0 Å². The molecule has 1 aromatic carbocycles. The number of nitrogens with zero attached hydrogens (tertiary/aromatic N) is 2. The van der Waals surface area contributed by atoms with Gasteiger partial charge in [-0.15, -0.1) is 0 Å².